The number of nitro groups is 1. The third-order valence-corrected chi connectivity index (χ3v) is 8.21. The molecule has 0 bridgehead atoms. The third kappa shape index (κ3) is 3.73. The van der Waals surface area contributed by atoms with E-state index in [1.807, 2.05) is 0 Å². The Morgan fingerprint density at radius 1 is 1.03 bits per heavy atom. The quantitative estimate of drug-likeness (QED) is 0.458. The first kappa shape index (κ1) is 20.2. The van der Waals surface area contributed by atoms with Crippen LogP contribution in [0.25, 0.3) is 0 Å². The number of thiophene rings is 1. The van der Waals surface area contributed by atoms with Crippen molar-refractivity contribution >= 4 is 37.8 Å². The number of non-ortho nitro benzene ring substituents is 1. The summed E-state index contributed by atoms with van der Waals surface area (Å²) >= 11 is 1.27. The minimum absolute atomic E-state index is 0.0960. The van der Waals surface area contributed by atoms with Gasteiger partial charge in [0.25, 0.3) is 11.6 Å². The minimum atomic E-state index is -3.83. The number of sulfone groups is 1. The number of nitro benzene ring substituents is 1. The lowest BCUT2D eigenvalue weighted by atomic mass is 9.99. The van der Waals surface area contributed by atoms with Crippen molar-refractivity contribution in [2.45, 2.75) is 35.5 Å². The van der Waals surface area contributed by atoms with Crippen LogP contribution in [0.4, 0.5) is 10.7 Å². The maximum atomic E-state index is 13.4. The minimum Gasteiger partial charge on any atom is -0.312 e. The molecule has 0 saturated carbocycles. The Labute approximate surface area is 177 Å². The zero-order valence-electron chi connectivity index (χ0n) is 15.8. The molecule has 2 aromatic carbocycles. The molecule has 0 saturated heterocycles. The van der Waals surface area contributed by atoms with E-state index in [9.17, 15) is 23.3 Å². The van der Waals surface area contributed by atoms with Gasteiger partial charge in [-0.2, -0.15) is 0 Å². The first-order valence-electron chi connectivity index (χ1n) is 9.38. The Hall–Kier alpha value is -3.04. The van der Waals surface area contributed by atoms with Crippen molar-refractivity contribution in [3.63, 3.8) is 0 Å². The van der Waals surface area contributed by atoms with Crippen LogP contribution in [0.5, 0.6) is 0 Å². The van der Waals surface area contributed by atoms with Crippen LogP contribution < -0.4 is 5.32 Å². The van der Waals surface area contributed by atoms with Crippen molar-refractivity contribution < 1.29 is 18.1 Å². The highest BCUT2D eigenvalue weighted by molar-refractivity contribution is 7.92. The Morgan fingerprint density at radius 3 is 2.50 bits per heavy atom. The predicted molar refractivity (Wildman–Crippen MR) is 114 cm³/mol. The summed E-state index contributed by atoms with van der Waals surface area (Å²) in [4.78, 5) is 24.5. The van der Waals surface area contributed by atoms with Gasteiger partial charge >= 0.3 is 0 Å². The first-order valence-corrected chi connectivity index (χ1v) is 11.7. The van der Waals surface area contributed by atoms with Gasteiger partial charge in [-0.3, -0.25) is 14.9 Å². The number of fused-ring (bicyclic) bond motifs is 1. The molecule has 1 aliphatic carbocycles. The first-order chi connectivity index (χ1) is 14.4. The molecule has 0 radical (unpaired) electrons. The lowest BCUT2D eigenvalue weighted by Crippen LogP contribution is -2.15. The Balaban J connectivity index is 1.78. The molecule has 0 aliphatic heterocycles. The van der Waals surface area contributed by atoms with Crippen LogP contribution in [0.2, 0.25) is 0 Å². The average molecular weight is 443 g/mol. The van der Waals surface area contributed by atoms with E-state index in [1.165, 1.54) is 47.7 Å². The number of nitrogens with one attached hydrogen (secondary N) is 1. The van der Waals surface area contributed by atoms with E-state index in [-0.39, 0.29) is 26.0 Å². The van der Waals surface area contributed by atoms with Crippen LogP contribution in [-0.4, -0.2) is 19.2 Å². The number of hydrogen-bond acceptors (Lipinski definition) is 6. The zero-order chi connectivity index (χ0) is 21.3. The SMILES string of the molecule is O=C(Nc1sc2c(c1S(=O)(=O)c1ccccc1)CCCC2)c1cccc([N+](=O)[O-])c1. The van der Waals surface area contributed by atoms with Crippen LogP contribution >= 0.6 is 11.3 Å². The predicted octanol–water partition coefficient (Wildman–Crippen LogP) is 4.62. The van der Waals surface area contributed by atoms with Crippen molar-refractivity contribution in [2.24, 2.45) is 0 Å². The fourth-order valence-electron chi connectivity index (χ4n) is 3.56. The van der Waals surface area contributed by atoms with Crippen LogP contribution in [0.3, 0.4) is 0 Å². The van der Waals surface area contributed by atoms with Gasteiger partial charge in [0.2, 0.25) is 9.84 Å². The van der Waals surface area contributed by atoms with E-state index in [0.717, 1.165) is 29.7 Å². The van der Waals surface area contributed by atoms with E-state index in [0.29, 0.717) is 6.42 Å². The molecule has 1 aromatic heterocycles. The van der Waals surface area contributed by atoms with Gasteiger partial charge in [-0.05, 0) is 49.4 Å². The summed E-state index contributed by atoms with van der Waals surface area (Å²) in [6, 6.07) is 13.5. The number of aryl methyl sites for hydroxylation is 1. The molecule has 3 aromatic rings. The van der Waals surface area contributed by atoms with Crippen LogP contribution in [0.15, 0.2) is 64.4 Å². The Morgan fingerprint density at radius 2 is 1.77 bits per heavy atom. The summed E-state index contributed by atoms with van der Waals surface area (Å²) in [6.07, 6.45) is 3.26. The van der Waals surface area contributed by atoms with Crippen molar-refractivity contribution in [1.82, 2.24) is 0 Å². The van der Waals surface area contributed by atoms with E-state index >= 15 is 0 Å². The number of anilines is 1. The summed E-state index contributed by atoms with van der Waals surface area (Å²) in [7, 11) is -3.83. The molecule has 9 heteroatoms. The molecular weight excluding hydrogens is 424 g/mol. The molecule has 1 aliphatic rings. The normalized spacial score (nSPS) is 13.5. The molecule has 4 rings (SSSR count). The number of carbonyl (C=O) groups excluding carboxylic acids is 1. The topological polar surface area (TPSA) is 106 Å². The lowest BCUT2D eigenvalue weighted by molar-refractivity contribution is -0.384. The van der Waals surface area contributed by atoms with Gasteiger partial charge in [-0.25, -0.2) is 8.42 Å². The second-order valence-electron chi connectivity index (χ2n) is 6.95. The van der Waals surface area contributed by atoms with Gasteiger partial charge in [0, 0.05) is 22.6 Å². The van der Waals surface area contributed by atoms with Crippen LogP contribution in [0.1, 0.15) is 33.6 Å². The molecular formula is C21H18N2O5S2. The van der Waals surface area contributed by atoms with Gasteiger partial charge in [0.1, 0.15) is 9.90 Å². The van der Waals surface area contributed by atoms with E-state index < -0.39 is 20.7 Å². The summed E-state index contributed by atoms with van der Waals surface area (Å²) in [6.45, 7) is 0. The summed E-state index contributed by atoms with van der Waals surface area (Å²) < 4.78 is 26.8. The second kappa shape index (κ2) is 8.00. The van der Waals surface area contributed by atoms with E-state index in [4.69, 9.17) is 0 Å². The van der Waals surface area contributed by atoms with Gasteiger partial charge < -0.3 is 5.32 Å². The van der Waals surface area contributed by atoms with Crippen molar-refractivity contribution in [3.8, 4) is 0 Å². The van der Waals surface area contributed by atoms with Crippen molar-refractivity contribution in [1.29, 1.82) is 0 Å². The van der Waals surface area contributed by atoms with Crippen molar-refractivity contribution in [3.05, 3.63) is 80.7 Å². The third-order valence-electron chi connectivity index (χ3n) is 4.99. The van der Waals surface area contributed by atoms with Gasteiger partial charge in [-0.1, -0.05) is 24.3 Å². The molecule has 0 fully saturated rings. The molecule has 0 atom stereocenters. The molecule has 7 nitrogen and oxygen atoms in total. The van der Waals surface area contributed by atoms with Gasteiger partial charge in [0.05, 0.1) is 9.82 Å². The average Bonchev–Trinajstić information content (AvgIpc) is 3.13. The lowest BCUT2D eigenvalue weighted by Gasteiger charge is -2.13. The number of rotatable bonds is 5. The zero-order valence-corrected chi connectivity index (χ0v) is 17.5. The largest absolute Gasteiger partial charge is 0.312 e. The maximum Gasteiger partial charge on any atom is 0.270 e. The number of carbonyl (C=O) groups is 1. The summed E-state index contributed by atoms with van der Waals surface area (Å²) in [5, 5.41) is 14.0. The Kier molecular flexibility index (Phi) is 5.40. The summed E-state index contributed by atoms with van der Waals surface area (Å²) in [5.41, 5.74) is 0.660. The van der Waals surface area contributed by atoms with Crippen LogP contribution in [0, 0.1) is 10.1 Å². The molecule has 1 N–H and O–H groups in total. The van der Waals surface area contributed by atoms with E-state index in [2.05, 4.69) is 5.32 Å². The van der Waals surface area contributed by atoms with Gasteiger partial charge in [-0.15, -0.1) is 11.3 Å². The number of amides is 1. The summed E-state index contributed by atoms with van der Waals surface area (Å²) in [5.74, 6) is -0.582. The van der Waals surface area contributed by atoms with E-state index in [1.54, 1.807) is 18.2 Å². The monoisotopic (exact) mass is 442 g/mol. The molecule has 0 unspecified atom stereocenters. The molecule has 154 valence electrons. The number of benzene rings is 2. The molecule has 1 heterocycles. The fourth-order valence-corrected chi connectivity index (χ4v) is 6.85. The second-order valence-corrected chi connectivity index (χ2v) is 9.94. The molecule has 30 heavy (non-hydrogen) atoms. The van der Waals surface area contributed by atoms with Crippen molar-refractivity contribution in [2.75, 3.05) is 5.32 Å². The fraction of sp³-hybridized carbons (Fsp3) is 0.190. The standard InChI is InChI=1S/C21H18N2O5S2/c24-20(14-7-6-8-15(13-14)23(25)26)22-21-19(17-11-4-5-12-18(17)29-21)30(27,28)16-9-2-1-3-10-16/h1-3,6-10,13H,4-5,11-12H2,(H,22,24). The Bertz CT molecular complexity index is 1230. The highest BCUT2D eigenvalue weighted by Gasteiger charge is 2.31. The maximum absolute atomic E-state index is 13.4. The number of hydrogen-bond donors (Lipinski definition) is 1. The molecule has 1 amide bonds. The smallest absolute Gasteiger partial charge is 0.270 e. The highest BCUT2D eigenvalue weighted by Crippen LogP contribution is 2.43. The molecule has 0 spiro atoms. The number of nitrogens with zero attached hydrogens (tertiary/aromatic N) is 1. The van der Waals surface area contributed by atoms with Crippen LogP contribution in [-0.2, 0) is 22.7 Å². The van der Waals surface area contributed by atoms with Gasteiger partial charge in [0.15, 0.2) is 0 Å². The highest BCUT2D eigenvalue weighted by atomic mass is 32.2.